The SMILES string of the molecule is CC1=C(C)c2ccc(cc2)C(=O)c2ccc(cc2)Oc2ccc(cc2)-c2ccc(cc2)Oc2ccc(cc2)C(=O)c2ccc(cc2)C(C)=C(C)c2ccc(cc2)C(=O)c2ccc(cc2)Oc2ccc(cc2)-c2ccc(cc2)Oc2ccc(cc2)C(=O)c2ccc1cc2. The molecule has 0 radical (unpaired) electrons. The first kappa shape index (κ1) is 59.0. The second-order valence-corrected chi connectivity index (χ2v) is 22.7. The molecule has 12 aromatic rings. The van der Waals surface area contributed by atoms with E-state index in [1.807, 2.05) is 194 Å². The van der Waals surface area contributed by atoms with Gasteiger partial charge in [0.05, 0.1) is 0 Å². The second-order valence-electron chi connectivity index (χ2n) is 22.7. The summed E-state index contributed by atoms with van der Waals surface area (Å²) in [5.74, 6) is 4.68. The summed E-state index contributed by atoms with van der Waals surface area (Å²) in [6.07, 6.45) is 0. The Kier molecular flexibility index (Phi) is 16.7. The zero-order valence-electron chi connectivity index (χ0n) is 51.0. The second kappa shape index (κ2) is 26.0. The Labute approximate surface area is 534 Å². The Morgan fingerprint density at radius 1 is 0.141 bits per heavy atom. The molecule has 444 valence electrons. The van der Waals surface area contributed by atoms with E-state index in [1.54, 1.807) is 97.1 Å². The minimum atomic E-state index is -0.0928. The highest BCUT2D eigenvalue weighted by Crippen LogP contribution is 2.35. The van der Waals surface area contributed by atoms with E-state index in [-0.39, 0.29) is 23.1 Å². The quantitative estimate of drug-likeness (QED) is 0.148. The van der Waals surface area contributed by atoms with Crippen LogP contribution in [0.15, 0.2) is 291 Å². The number of carbonyl (C=O) groups excluding carboxylic acids is 4. The predicted molar refractivity (Wildman–Crippen MR) is 366 cm³/mol. The van der Waals surface area contributed by atoms with Gasteiger partial charge in [0, 0.05) is 44.5 Å². The zero-order valence-corrected chi connectivity index (χ0v) is 51.0. The summed E-state index contributed by atoms with van der Waals surface area (Å²) in [5, 5.41) is 0. The summed E-state index contributed by atoms with van der Waals surface area (Å²) in [4.78, 5) is 54.6. The maximum absolute atomic E-state index is 13.7. The Morgan fingerprint density at radius 2 is 0.239 bits per heavy atom. The first-order valence-corrected chi connectivity index (χ1v) is 30.3. The van der Waals surface area contributed by atoms with Crippen LogP contribution >= 0.6 is 0 Å². The fraction of sp³-hybridized carbons (Fsp3) is 0.0476. The monoisotopic (exact) mass is 1200 g/mol. The largest absolute Gasteiger partial charge is 0.457 e. The molecule has 19 aliphatic rings. The van der Waals surface area contributed by atoms with Gasteiger partial charge < -0.3 is 18.9 Å². The lowest BCUT2D eigenvalue weighted by Gasteiger charge is -2.11. The molecule has 8 heteroatoms. The van der Waals surface area contributed by atoms with Crippen LogP contribution in [0.25, 0.3) is 44.5 Å². The number of rotatable bonds is 0. The third kappa shape index (κ3) is 13.1. The number of carbonyl (C=O) groups is 4. The highest BCUT2D eigenvalue weighted by molar-refractivity contribution is 6.11. The van der Waals surface area contributed by atoms with Crippen molar-refractivity contribution < 1.29 is 38.1 Å². The van der Waals surface area contributed by atoms with E-state index in [2.05, 4.69) is 27.7 Å². The van der Waals surface area contributed by atoms with Crippen molar-refractivity contribution in [3.8, 4) is 68.2 Å². The molecule has 0 fully saturated rings. The Balaban J connectivity index is 0.708. The highest BCUT2D eigenvalue weighted by atomic mass is 16.5. The lowest BCUT2D eigenvalue weighted by molar-refractivity contribution is 0.103. The highest BCUT2D eigenvalue weighted by Gasteiger charge is 2.17. The summed E-state index contributed by atoms with van der Waals surface area (Å²) in [7, 11) is 0. The molecule has 0 amide bonds. The molecule has 0 N–H and O–H groups in total. The number of allylic oxidation sites excluding steroid dienone is 4. The number of ketones is 4. The Morgan fingerprint density at radius 3 is 0.370 bits per heavy atom. The summed E-state index contributed by atoms with van der Waals surface area (Å²) >= 11 is 0. The van der Waals surface area contributed by atoms with Crippen LogP contribution in [0.3, 0.4) is 0 Å². The number of hydrogen-bond acceptors (Lipinski definition) is 8. The van der Waals surface area contributed by atoms with Crippen molar-refractivity contribution in [2.24, 2.45) is 0 Å². The molecule has 19 aliphatic heterocycles. The number of hydrogen-bond donors (Lipinski definition) is 0. The van der Waals surface area contributed by atoms with E-state index in [9.17, 15) is 19.2 Å². The van der Waals surface area contributed by atoms with E-state index in [1.165, 1.54) is 0 Å². The van der Waals surface area contributed by atoms with Crippen molar-refractivity contribution in [2.75, 3.05) is 0 Å². The topological polar surface area (TPSA) is 105 Å². The lowest BCUT2D eigenvalue weighted by atomic mass is 9.94. The van der Waals surface area contributed by atoms with Crippen LogP contribution in [0.1, 0.15) is 114 Å². The van der Waals surface area contributed by atoms with Crippen LogP contribution in [-0.2, 0) is 0 Å². The molecular weight excluding hydrogens is 1140 g/mol. The molecule has 92 heavy (non-hydrogen) atoms. The van der Waals surface area contributed by atoms with Crippen LogP contribution in [0.4, 0.5) is 0 Å². The molecule has 8 nitrogen and oxygen atoms in total. The average molecular weight is 1200 g/mol. The maximum Gasteiger partial charge on any atom is 0.193 e. The molecule has 0 saturated heterocycles. The average Bonchev–Trinajstić information content (AvgIpc) is 2.46. The first-order chi connectivity index (χ1) is 44.8. The van der Waals surface area contributed by atoms with Gasteiger partial charge >= 0.3 is 0 Å². The zero-order chi connectivity index (χ0) is 63.2. The molecule has 31 rings (SSSR count). The minimum Gasteiger partial charge on any atom is -0.457 e. The normalized spacial score (nSPS) is 12.9. The summed E-state index contributed by atoms with van der Waals surface area (Å²) in [5.41, 5.74) is 16.7. The van der Waals surface area contributed by atoms with E-state index in [0.29, 0.717) is 90.5 Å². The van der Waals surface area contributed by atoms with Gasteiger partial charge in [-0.25, -0.2) is 0 Å². The van der Waals surface area contributed by atoms with Crippen molar-refractivity contribution in [3.05, 3.63) is 358 Å². The molecular formula is C84H60O8. The van der Waals surface area contributed by atoms with E-state index in [0.717, 1.165) is 66.8 Å². The summed E-state index contributed by atoms with van der Waals surface area (Å²) in [6.45, 7) is 8.23. The molecule has 12 aromatic carbocycles. The molecule has 24 bridgehead atoms. The molecule has 0 aliphatic carbocycles. The maximum atomic E-state index is 13.7. The van der Waals surface area contributed by atoms with Crippen LogP contribution in [-0.4, -0.2) is 23.1 Å². The molecule has 19 heterocycles. The van der Waals surface area contributed by atoms with Crippen molar-refractivity contribution in [1.29, 1.82) is 0 Å². The van der Waals surface area contributed by atoms with Gasteiger partial charge in [-0.2, -0.15) is 0 Å². The van der Waals surface area contributed by atoms with E-state index in [4.69, 9.17) is 18.9 Å². The van der Waals surface area contributed by atoms with Crippen LogP contribution in [0.2, 0.25) is 0 Å². The van der Waals surface area contributed by atoms with Crippen molar-refractivity contribution in [2.45, 2.75) is 27.7 Å². The van der Waals surface area contributed by atoms with E-state index < -0.39 is 0 Å². The van der Waals surface area contributed by atoms with Crippen molar-refractivity contribution >= 4 is 45.4 Å². The van der Waals surface area contributed by atoms with Gasteiger partial charge in [-0.1, -0.05) is 146 Å². The Bertz CT molecular complexity index is 4140. The number of ether oxygens (including phenoxy) is 4. The minimum absolute atomic E-state index is 0.0928. The van der Waals surface area contributed by atoms with Gasteiger partial charge in [-0.15, -0.1) is 0 Å². The smallest absolute Gasteiger partial charge is 0.193 e. The van der Waals surface area contributed by atoms with E-state index >= 15 is 0 Å². The fourth-order valence-electron chi connectivity index (χ4n) is 11.1. The summed E-state index contributed by atoms with van der Waals surface area (Å²) in [6, 6.07) is 90.4. The van der Waals surface area contributed by atoms with Crippen LogP contribution in [0, 0.1) is 0 Å². The van der Waals surface area contributed by atoms with Crippen molar-refractivity contribution in [3.63, 3.8) is 0 Å². The molecule has 0 saturated carbocycles. The first-order valence-electron chi connectivity index (χ1n) is 30.3. The van der Waals surface area contributed by atoms with Crippen LogP contribution in [0.5, 0.6) is 46.0 Å². The summed E-state index contributed by atoms with van der Waals surface area (Å²) < 4.78 is 24.7. The standard InChI is InChI=1S/C84H60O8/c1-53-54(2)58-7-15-66(16-8-58)82(86)70-31-47-78(48-32-70)90-74-39-23-62(24-40-74)64-27-43-76(44-28-64)92-80-51-35-72(36-52-80)84(88)68-19-11-60(12-20-68)56(4)55(3)59-9-17-67(18-10-59)83(87)71-33-49-79(50-34-71)91-75-41-25-63(26-42-75)61-21-37-73(38-22-61)89-77-45-29-69(30-46-77)81(85)65-13-5-57(53)6-14-65/h5-52H,1-4H3. The molecule has 0 spiro atoms. The number of benzene rings is 12. The van der Waals surface area contributed by atoms with Gasteiger partial charge in [0.2, 0.25) is 0 Å². The lowest BCUT2D eigenvalue weighted by Crippen LogP contribution is -2.02. The van der Waals surface area contributed by atoms with Gasteiger partial charge in [-0.05, 0) is 240 Å². The third-order valence-corrected chi connectivity index (χ3v) is 16.9. The van der Waals surface area contributed by atoms with Gasteiger partial charge in [0.25, 0.3) is 0 Å². The fourth-order valence-corrected chi connectivity index (χ4v) is 11.1. The Hall–Kier alpha value is -12.0. The van der Waals surface area contributed by atoms with Gasteiger partial charge in [-0.3, -0.25) is 19.2 Å². The van der Waals surface area contributed by atoms with Crippen LogP contribution < -0.4 is 18.9 Å². The third-order valence-electron chi connectivity index (χ3n) is 16.9. The predicted octanol–water partition coefficient (Wildman–Crippen LogP) is 21.3. The molecule has 0 atom stereocenters. The van der Waals surface area contributed by atoms with Crippen molar-refractivity contribution in [1.82, 2.24) is 0 Å². The molecule has 0 unspecified atom stereocenters. The van der Waals surface area contributed by atoms with Gasteiger partial charge in [0.1, 0.15) is 46.0 Å². The van der Waals surface area contributed by atoms with Gasteiger partial charge in [0.15, 0.2) is 23.1 Å². The molecule has 0 aromatic heterocycles.